The van der Waals surface area contributed by atoms with Gasteiger partial charge in [-0.2, -0.15) is 11.3 Å². The van der Waals surface area contributed by atoms with Gasteiger partial charge in [-0.3, -0.25) is 15.5 Å². The SMILES string of the molecule is O=C(Cc1ccsc1)Cc1cocc1C(=Nc1ccc(F)c(Br)c1)NO. The van der Waals surface area contributed by atoms with Gasteiger partial charge in [-0.25, -0.2) is 9.38 Å². The van der Waals surface area contributed by atoms with E-state index in [-0.39, 0.29) is 22.5 Å². The van der Waals surface area contributed by atoms with Crippen LogP contribution in [0.3, 0.4) is 0 Å². The van der Waals surface area contributed by atoms with Gasteiger partial charge in [-0.15, -0.1) is 0 Å². The van der Waals surface area contributed by atoms with Crippen LogP contribution in [0.15, 0.2) is 61.4 Å². The number of halogens is 2. The van der Waals surface area contributed by atoms with Crippen molar-refractivity contribution in [2.45, 2.75) is 12.8 Å². The second-order valence-electron chi connectivity index (χ2n) is 5.51. The Morgan fingerprint density at radius 2 is 2.15 bits per heavy atom. The van der Waals surface area contributed by atoms with Crippen LogP contribution < -0.4 is 5.48 Å². The van der Waals surface area contributed by atoms with Crippen LogP contribution in [0.2, 0.25) is 0 Å². The molecule has 0 atom stereocenters. The normalized spacial score (nSPS) is 11.6. The summed E-state index contributed by atoms with van der Waals surface area (Å²) in [5, 5.41) is 13.3. The standard InChI is InChI=1S/C18H14BrFN2O3S/c19-16-7-13(1-2-17(16)20)21-18(22-24)15-9-25-8-12(15)6-14(23)5-11-3-4-26-10-11/h1-4,7-10,24H,5-6H2,(H,21,22). The van der Waals surface area contributed by atoms with Crippen molar-refractivity contribution in [1.82, 2.24) is 5.48 Å². The lowest BCUT2D eigenvalue weighted by Crippen LogP contribution is -2.21. The average Bonchev–Trinajstić information content (AvgIpc) is 3.28. The smallest absolute Gasteiger partial charge is 0.160 e. The lowest BCUT2D eigenvalue weighted by atomic mass is 10.0. The second kappa shape index (κ2) is 8.39. The lowest BCUT2D eigenvalue weighted by Gasteiger charge is -2.06. The Hall–Kier alpha value is -2.29. The molecule has 2 heterocycles. The van der Waals surface area contributed by atoms with E-state index in [1.54, 1.807) is 11.3 Å². The van der Waals surface area contributed by atoms with E-state index < -0.39 is 5.82 Å². The molecule has 0 unspecified atom stereocenters. The minimum atomic E-state index is -0.412. The van der Waals surface area contributed by atoms with Gasteiger partial charge in [0, 0.05) is 18.4 Å². The van der Waals surface area contributed by atoms with E-state index in [1.165, 1.54) is 30.7 Å². The zero-order valence-electron chi connectivity index (χ0n) is 13.4. The fourth-order valence-corrected chi connectivity index (χ4v) is 3.43. The van der Waals surface area contributed by atoms with Gasteiger partial charge in [0.1, 0.15) is 17.9 Å². The van der Waals surface area contributed by atoms with Gasteiger partial charge < -0.3 is 4.42 Å². The average molecular weight is 437 g/mol. The van der Waals surface area contributed by atoms with Crippen molar-refractivity contribution in [1.29, 1.82) is 0 Å². The molecule has 2 aromatic heterocycles. The molecule has 1 aromatic carbocycles. The number of amidine groups is 1. The molecule has 8 heteroatoms. The molecule has 0 saturated heterocycles. The molecule has 3 aromatic rings. The van der Waals surface area contributed by atoms with Gasteiger partial charge in [0.25, 0.3) is 0 Å². The quantitative estimate of drug-likeness (QED) is 0.334. The maximum Gasteiger partial charge on any atom is 0.160 e. The number of benzene rings is 1. The first-order valence-electron chi connectivity index (χ1n) is 7.59. The number of aliphatic imine (C=N–C) groups is 1. The fourth-order valence-electron chi connectivity index (χ4n) is 2.39. The van der Waals surface area contributed by atoms with Gasteiger partial charge in [-0.1, -0.05) is 0 Å². The molecular weight excluding hydrogens is 423 g/mol. The van der Waals surface area contributed by atoms with Crippen LogP contribution in [0.5, 0.6) is 0 Å². The van der Waals surface area contributed by atoms with Crippen molar-refractivity contribution in [3.8, 4) is 0 Å². The third-order valence-corrected chi connectivity index (χ3v) is 4.96. The number of ketones is 1. The van der Waals surface area contributed by atoms with Crippen molar-refractivity contribution in [2.75, 3.05) is 0 Å². The van der Waals surface area contributed by atoms with Gasteiger partial charge in [0.05, 0.1) is 22.0 Å². The molecule has 0 saturated carbocycles. The van der Waals surface area contributed by atoms with Gasteiger partial charge in [0.15, 0.2) is 5.84 Å². The minimum Gasteiger partial charge on any atom is -0.472 e. The number of Topliss-reactive ketones (excluding diaryl/α,β-unsaturated/α-hetero) is 1. The van der Waals surface area contributed by atoms with Crippen LogP contribution in [0.1, 0.15) is 16.7 Å². The fraction of sp³-hybridized carbons (Fsp3) is 0.111. The summed E-state index contributed by atoms with van der Waals surface area (Å²) in [4.78, 5) is 16.5. The zero-order chi connectivity index (χ0) is 18.5. The number of hydrogen-bond acceptors (Lipinski definition) is 5. The molecule has 0 amide bonds. The summed E-state index contributed by atoms with van der Waals surface area (Å²) in [5.74, 6) is -0.283. The molecule has 0 fully saturated rings. The Kier molecular flexibility index (Phi) is 5.97. The molecule has 26 heavy (non-hydrogen) atoms. The number of thiophene rings is 1. The highest BCUT2D eigenvalue weighted by atomic mass is 79.9. The Bertz CT molecular complexity index is 938. The maximum atomic E-state index is 13.3. The predicted octanol–water partition coefficient (Wildman–Crippen LogP) is 4.65. The van der Waals surface area contributed by atoms with Crippen molar-refractivity contribution in [2.24, 2.45) is 4.99 Å². The Labute approximate surface area is 161 Å². The van der Waals surface area contributed by atoms with Gasteiger partial charge in [-0.05, 0) is 56.5 Å². The molecule has 3 rings (SSSR count). The lowest BCUT2D eigenvalue weighted by molar-refractivity contribution is -0.117. The van der Waals surface area contributed by atoms with E-state index >= 15 is 0 Å². The van der Waals surface area contributed by atoms with Crippen LogP contribution in [-0.4, -0.2) is 16.8 Å². The van der Waals surface area contributed by atoms with E-state index in [4.69, 9.17) is 4.42 Å². The van der Waals surface area contributed by atoms with E-state index in [2.05, 4.69) is 20.9 Å². The highest BCUT2D eigenvalue weighted by Crippen LogP contribution is 2.23. The molecule has 134 valence electrons. The maximum absolute atomic E-state index is 13.3. The number of carbonyl (C=O) groups excluding carboxylic acids is 1. The first-order valence-corrected chi connectivity index (χ1v) is 9.32. The monoisotopic (exact) mass is 436 g/mol. The topological polar surface area (TPSA) is 74.8 Å². The highest BCUT2D eigenvalue weighted by Gasteiger charge is 2.16. The summed E-state index contributed by atoms with van der Waals surface area (Å²) >= 11 is 4.63. The van der Waals surface area contributed by atoms with Crippen molar-refractivity contribution >= 4 is 44.6 Å². The van der Waals surface area contributed by atoms with E-state index in [9.17, 15) is 14.4 Å². The predicted molar refractivity (Wildman–Crippen MR) is 101 cm³/mol. The molecule has 0 spiro atoms. The van der Waals surface area contributed by atoms with Crippen LogP contribution in [-0.2, 0) is 17.6 Å². The summed E-state index contributed by atoms with van der Waals surface area (Å²) in [6.07, 6.45) is 3.33. The number of carbonyl (C=O) groups is 1. The highest BCUT2D eigenvalue weighted by molar-refractivity contribution is 9.10. The van der Waals surface area contributed by atoms with E-state index in [0.717, 1.165) is 5.56 Å². The first-order chi connectivity index (χ1) is 12.6. The van der Waals surface area contributed by atoms with Crippen LogP contribution >= 0.6 is 27.3 Å². The minimum absolute atomic E-state index is 0.0212. The number of rotatable bonds is 6. The zero-order valence-corrected chi connectivity index (χ0v) is 15.8. The van der Waals surface area contributed by atoms with Gasteiger partial charge in [0.2, 0.25) is 0 Å². The molecule has 0 radical (unpaired) electrons. The van der Waals surface area contributed by atoms with Gasteiger partial charge >= 0.3 is 0 Å². The van der Waals surface area contributed by atoms with E-state index in [1.807, 2.05) is 22.3 Å². The molecule has 0 aliphatic heterocycles. The van der Waals surface area contributed by atoms with Crippen LogP contribution in [0.4, 0.5) is 10.1 Å². The third-order valence-electron chi connectivity index (χ3n) is 3.62. The summed E-state index contributed by atoms with van der Waals surface area (Å²) in [7, 11) is 0. The number of nitrogens with one attached hydrogen (secondary N) is 1. The molecule has 0 bridgehead atoms. The van der Waals surface area contributed by atoms with Crippen LogP contribution in [0.25, 0.3) is 0 Å². The third kappa shape index (κ3) is 4.46. The largest absolute Gasteiger partial charge is 0.472 e. The summed E-state index contributed by atoms with van der Waals surface area (Å²) in [6.45, 7) is 0. The number of hydrogen-bond donors (Lipinski definition) is 2. The second-order valence-corrected chi connectivity index (χ2v) is 7.14. The molecule has 0 aliphatic rings. The molecular formula is C18H14BrFN2O3S. The number of hydroxylamine groups is 1. The summed E-state index contributed by atoms with van der Waals surface area (Å²) < 4.78 is 18.8. The summed E-state index contributed by atoms with van der Waals surface area (Å²) in [5.41, 5.74) is 4.48. The van der Waals surface area contributed by atoms with Crippen molar-refractivity contribution in [3.05, 3.63) is 74.5 Å². The summed E-state index contributed by atoms with van der Waals surface area (Å²) in [6, 6.07) is 6.12. The van der Waals surface area contributed by atoms with Crippen molar-refractivity contribution in [3.63, 3.8) is 0 Å². The van der Waals surface area contributed by atoms with E-state index in [0.29, 0.717) is 23.2 Å². The van der Waals surface area contributed by atoms with Crippen molar-refractivity contribution < 1.29 is 18.8 Å². The van der Waals surface area contributed by atoms with Crippen LogP contribution in [0, 0.1) is 5.82 Å². The molecule has 0 aliphatic carbocycles. The Morgan fingerprint density at radius 3 is 2.85 bits per heavy atom. The molecule has 2 N–H and O–H groups in total. The molecule has 5 nitrogen and oxygen atoms in total. The Morgan fingerprint density at radius 1 is 1.31 bits per heavy atom. The first kappa shape index (κ1) is 18.5. The number of furan rings is 1. The Balaban J connectivity index is 1.81. The number of nitrogens with zero attached hydrogens (tertiary/aromatic N) is 1.